The Hall–Kier alpha value is -1.11. The minimum atomic E-state index is -3.47. The van der Waals surface area contributed by atoms with Crippen LogP contribution in [0.15, 0.2) is 30.3 Å². The minimum Gasteiger partial charge on any atom is -0.298 e. The standard InChI is InChI=1S/C13H21N3O2S/c1-11-9-16(10-12(2)15(11)3)19(17,18)14-13-7-5-4-6-8-13/h4-8,11-12,14H,9-10H2,1-3H3. The van der Waals surface area contributed by atoms with E-state index in [0.717, 1.165) is 0 Å². The maximum Gasteiger partial charge on any atom is 0.301 e. The first-order valence-corrected chi connectivity index (χ1v) is 7.89. The Kier molecular flexibility index (Phi) is 4.13. The second-order valence-electron chi connectivity index (χ2n) is 5.15. The maximum atomic E-state index is 12.3. The molecule has 0 spiro atoms. The summed E-state index contributed by atoms with van der Waals surface area (Å²) in [7, 11) is -1.44. The van der Waals surface area contributed by atoms with Crippen molar-refractivity contribution in [3.8, 4) is 0 Å². The number of likely N-dealkylation sites (N-methyl/N-ethyl adjacent to an activating group) is 1. The molecule has 19 heavy (non-hydrogen) atoms. The van der Waals surface area contributed by atoms with Gasteiger partial charge in [-0.05, 0) is 33.0 Å². The van der Waals surface area contributed by atoms with E-state index in [0.29, 0.717) is 18.8 Å². The highest BCUT2D eigenvalue weighted by Gasteiger charge is 2.33. The number of anilines is 1. The first-order chi connectivity index (χ1) is 8.90. The molecule has 1 aliphatic rings. The fourth-order valence-electron chi connectivity index (χ4n) is 2.27. The van der Waals surface area contributed by atoms with Crippen LogP contribution in [0.25, 0.3) is 0 Å². The zero-order valence-corrected chi connectivity index (χ0v) is 12.4. The van der Waals surface area contributed by atoms with Crippen LogP contribution >= 0.6 is 0 Å². The lowest BCUT2D eigenvalue weighted by Gasteiger charge is -2.41. The van der Waals surface area contributed by atoms with Crippen molar-refractivity contribution in [2.24, 2.45) is 0 Å². The first-order valence-electron chi connectivity index (χ1n) is 6.45. The third-order valence-electron chi connectivity index (χ3n) is 3.69. The Morgan fingerprint density at radius 1 is 1.11 bits per heavy atom. The van der Waals surface area contributed by atoms with Gasteiger partial charge in [0.05, 0.1) is 0 Å². The van der Waals surface area contributed by atoms with Crippen molar-refractivity contribution in [2.75, 3.05) is 24.9 Å². The third-order valence-corrected chi connectivity index (χ3v) is 5.16. The van der Waals surface area contributed by atoms with Crippen LogP contribution in [0.3, 0.4) is 0 Å². The van der Waals surface area contributed by atoms with Crippen LogP contribution in [0.2, 0.25) is 0 Å². The highest BCUT2D eigenvalue weighted by molar-refractivity contribution is 7.90. The van der Waals surface area contributed by atoms with E-state index in [9.17, 15) is 8.42 Å². The molecule has 1 N–H and O–H groups in total. The van der Waals surface area contributed by atoms with E-state index in [2.05, 4.69) is 9.62 Å². The molecule has 0 radical (unpaired) electrons. The van der Waals surface area contributed by atoms with E-state index in [1.54, 1.807) is 12.1 Å². The molecule has 1 aliphatic heterocycles. The summed E-state index contributed by atoms with van der Waals surface area (Å²) < 4.78 is 28.8. The molecular weight excluding hydrogens is 262 g/mol. The van der Waals surface area contributed by atoms with E-state index >= 15 is 0 Å². The smallest absolute Gasteiger partial charge is 0.298 e. The van der Waals surface area contributed by atoms with Crippen molar-refractivity contribution in [2.45, 2.75) is 25.9 Å². The van der Waals surface area contributed by atoms with Crippen LogP contribution in [-0.2, 0) is 10.2 Å². The number of para-hydroxylation sites is 1. The molecule has 0 aromatic heterocycles. The molecule has 1 fully saturated rings. The van der Waals surface area contributed by atoms with Crippen molar-refractivity contribution < 1.29 is 8.42 Å². The van der Waals surface area contributed by atoms with Crippen LogP contribution in [-0.4, -0.2) is 49.8 Å². The summed E-state index contributed by atoms with van der Waals surface area (Å²) in [5.41, 5.74) is 0.599. The molecule has 1 heterocycles. The van der Waals surface area contributed by atoms with Gasteiger partial charge in [0.2, 0.25) is 0 Å². The topological polar surface area (TPSA) is 52.7 Å². The highest BCUT2D eigenvalue weighted by atomic mass is 32.2. The summed E-state index contributed by atoms with van der Waals surface area (Å²) >= 11 is 0. The summed E-state index contributed by atoms with van der Waals surface area (Å²) in [6.07, 6.45) is 0. The molecule has 2 unspecified atom stereocenters. The normalized spacial score (nSPS) is 26.3. The number of benzene rings is 1. The molecule has 5 nitrogen and oxygen atoms in total. The first kappa shape index (κ1) is 14.3. The Bertz CT molecular complexity index is 506. The predicted octanol–water partition coefficient (Wildman–Crippen LogP) is 1.37. The van der Waals surface area contributed by atoms with E-state index in [1.165, 1.54) is 4.31 Å². The van der Waals surface area contributed by atoms with Gasteiger partial charge in [-0.3, -0.25) is 9.62 Å². The van der Waals surface area contributed by atoms with Gasteiger partial charge in [-0.15, -0.1) is 0 Å². The van der Waals surface area contributed by atoms with E-state index in [1.807, 2.05) is 39.1 Å². The summed E-state index contributed by atoms with van der Waals surface area (Å²) in [6, 6.07) is 9.42. The van der Waals surface area contributed by atoms with Crippen LogP contribution in [0.5, 0.6) is 0 Å². The fraction of sp³-hybridized carbons (Fsp3) is 0.538. The van der Waals surface area contributed by atoms with Gasteiger partial charge < -0.3 is 0 Å². The second kappa shape index (κ2) is 5.48. The van der Waals surface area contributed by atoms with Gasteiger partial charge in [0.1, 0.15) is 0 Å². The predicted molar refractivity (Wildman–Crippen MR) is 77.2 cm³/mol. The van der Waals surface area contributed by atoms with Crippen molar-refractivity contribution in [1.29, 1.82) is 0 Å². The van der Waals surface area contributed by atoms with Crippen LogP contribution < -0.4 is 4.72 Å². The monoisotopic (exact) mass is 283 g/mol. The summed E-state index contributed by atoms with van der Waals surface area (Å²) in [6.45, 7) is 5.12. The van der Waals surface area contributed by atoms with E-state index in [4.69, 9.17) is 0 Å². The zero-order chi connectivity index (χ0) is 14.0. The molecular formula is C13H21N3O2S. The number of hydrogen-bond acceptors (Lipinski definition) is 3. The molecule has 106 valence electrons. The van der Waals surface area contributed by atoms with E-state index < -0.39 is 10.2 Å². The molecule has 0 saturated carbocycles. The maximum absolute atomic E-state index is 12.3. The Morgan fingerprint density at radius 3 is 2.16 bits per heavy atom. The van der Waals surface area contributed by atoms with Crippen LogP contribution in [0, 0.1) is 0 Å². The van der Waals surface area contributed by atoms with E-state index in [-0.39, 0.29) is 12.1 Å². The number of hydrogen-bond donors (Lipinski definition) is 1. The largest absolute Gasteiger partial charge is 0.301 e. The van der Waals surface area contributed by atoms with Crippen molar-refractivity contribution in [3.05, 3.63) is 30.3 Å². The SMILES string of the molecule is CC1CN(S(=O)(=O)Nc2ccccc2)CC(C)N1C. The number of nitrogens with zero attached hydrogens (tertiary/aromatic N) is 2. The second-order valence-corrected chi connectivity index (χ2v) is 6.82. The van der Waals surface area contributed by atoms with Gasteiger partial charge in [0.15, 0.2) is 0 Å². The molecule has 1 saturated heterocycles. The number of rotatable bonds is 3. The molecule has 2 atom stereocenters. The molecule has 1 aromatic rings. The van der Waals surface area contributed by atoms with Gasteiger partial charge in [-0.25, -0.2) is 0 Å². The van der Waals surface area contributed by atoms with Crippen molar-refractivity contribution in [1.82, 2.24) is 9.21 Å². The minimum absolute atomic E-state index is 0.219. The quantitative estimate of drug-likeness (QED) is 0.911. The van der Waals surface area contributed by atoms with Gasteiger partial charge in [-0.2, -0.15) is 12.7 Å². The lowest BCUT2D eigenvalue weighted by atomic mass is 10.1. The Morgan fingerprint density at radius 2 is 1.63 bits per heavy atom. The average molecular weight is 283 g/mol. The highest BCUT2D eigenvalue weighted by Crippen LogP contribution is 2.18. The van der Waals surface area contributed by atoms with Gasteiger partial charge in [0.25, 0.3) is 0 Å². The lowest BCUT2D eigenvalue weighted by Crippen LogP contribution is -2.57. The van der Waals surface area contributed by atoms with Crippen LogP contribution in [0.4, 0.5) is 5.69 Å². The summed E-state index contributed by atoms with van der Waals surface area (Å²) in [5, 5.41) is 0. The Labute approximate surface area is 115 Å². The lowest BCUT2D eigenvalue weighted by molar-refractivity contribution is 0.105. The molecule has 0 bridgehead atoms. The third kappa shape index (κ3) is 3.26. The summed E-state index contributed by atoms with van der Waals surface area (Å²) in [4.78, 5) is 2.20. The van der Waals surface area contributed by atoms with Crippen molar-refractivity contribution >= 4 is 15.9 Å². The van der Waals surface area contributed by atoms with Gasteiger partial charge >= 0.3 is 10.2 Å². The fourth-order valence-corrected chi connectivity index (χ4v) is 3.66. The average Bonchev–Trinajstić information content (AvgIpc) is 2.36. The molecule has 6 heteroatoms. The zero-order valence-electron chi connectivity index (χ0n) is 11.6. The number of piperazine rings is 1. The van der Waals surface area contributed by atoms with Gasteiger partial charge in [-0.1, -0.05) is 18.2 Å². The van der Waals surface area contributed by atoms with Gasteiger partial charge in [0, 0.05) is 30.9 Å². The molecule has 1 aromatic carbocycles. The molecule has 0 aliphatic carbocycles. The number of nitrogens with one attached hydrogen (secondary N) is 1. The molecule has 0 amide bonds. The van der Waals surface area contributed by atoms with Crippen molar-refractivity contribution in [3.63, 3.8) is 0 Å². The molecule has 2 rings (SSSR count). The van der Waals surface area contributed by atoms with Crippen LogP contribution in [0.1, 0.15) is 13.8 Å². The summed E-state index contributed by atoms with van der Waals surface area (Å²) in [5.74, 6) is 0. The Balaban J connectivity index is 2.12.